The van der Waals surface area contributed by atoms with Gasteiger partial charge in [-0.2, -0.15) is 0 Å². The van der Waals surface area contributed by atoms with Crippen LogP contribution in [0, 0.1) is 6.92 Å². The first-order chi connectivity index (χ1) is 11.8. The second-order valence-corrected chi connectivity index (χ2v) is 7.14. The summed E-state index contributed by atoms with van der Waals surface area (Å²) in [5.74, 6) is 0.443. The molecule has 25 heavy (non-hydrogen) atoms. The third-order valence-corrected chi connectivity index (χ3v) is 5.08. The van der Waals surface area contributed by atoms with Gasteiger partial charge >= 0.3 is 6.03 Å². The molecule has 0 unspecified atom stereocenters. The molecule has 1 N–H and O–H groups in total. The molecule has 130 valence electrons. The number of imide groups is 1. The molecule has 1 fully saturated rings. The van der Waals surface area contributed by atoms with Gasteiger partial charge in [-0.3, -0.25) is 9.69 Å². The molecule has 2 aromatic rings. The molecule has 1 saturated heterocycles. The average molecular weight is 403 g/mol. The highest BCUT2D eigenvalue weighted by molar-refractivity contribution is 9.10. The first kappa shape index (κ1) is 17.5. The fourth-order valence-electron chi connectivity index (χ4n) is 2.91. The summed E-state index contributed by atoms with van der Waals surface area (Å²) in [6.07, 6.45) is 0. The SMILES string of the molecule is COc1ccc(CN2C(=O)N[C@@](C)(c3ccc(C)cc3)C2=O)cc1Br. The van der Waals surface area contributed by atoms with E-state index in [9.17, 15) is 9.59 Å². The van der Waals surface area contributed by atoms with Gasteiger partial charge in [-0.25, -0.2) is 4.79 Å². The number of hydrogen-bond donors (Lipinski definition) is 1. The minimum atomic E-state index is -1.05. The third kappa shape index (κ3) is 3.14. The van der Waals surface area contributed by atoms with Crippen molar-refractivity contribution in [3.63, 3.8) is 0 Å². The molecule has 0 radical (unpaired) electrons. The Morgan fingerprint density at radius 1 is 1.16 bits per heavy atom. The number of nitrogens with one attached hydrogen (secondary N) is 1. The molecule has 1 aliphatic rings. The molecule has 0 bridgehead atoms. The molecule has 0 spiro atoms. The van der Waals surface area contributed by atoms with Crippen LogP contribution in [-0.4, -0.2) is 23.9 Å². The van der Waals surface area contributed by atoms with Gasteiger partial charge in [0.1, 0.15) is 11.3 Å². The summed E-state index contributed by atoms with van der Waals surface area (Å²) in [7, 11) is 1.59. The number of benzene rings is 2. The first-order valence-electron chi connectivity index (χ1n) is 7.89. The highest BCUT2D eigenvalue weighted by Crippen LogP contribution is 2.31. The minimum absolute atomic E-state index is 0.203. The molecular formula is C19H19BrN2O3. The van der Waals surface area contributed by atoms with Gasteiger partial charge in [0.2, 0.25) is 0 Å². The van der Waals surface area contributed by atoms with E-state index >= 15 is 0 Å². The van der Waals surface area contributed by atoms with Crippen LogP contribution in [0.15, 0.2) is 46.9 Å². The summed E-state index contributed by atoms with van der Waals surface area (Å²) < 4.78 is 5.98. The summed E-state index contributed by atoms with van der Waals surface area (Å²) in [5.41, 5.74) is 1.66. The number of aryl methyl sites for hydroxylation is 1. The summed E-state index contributed by atoms with van der Waals surface area (Å²) >= 11 is 3.42. The predicted molar refractivity (Wildman–Crippen MR) is 98.3 cm³/mol. The largest absolute Gasteiger partial charge is 0.496 e. The first-order valence-corrected chi connectivity index (χ1v) is 8.68. The molecule has 1 aliphatic heterocycles. The Morgan fingerprint density at radius 3 is 2.44 bits per heavy atom. The lowest BCUT2D eigenvalue weighted by Gasteiger charge is -2.22. The fraction of sp³-hybridized carbons (Fsp3) is 0.263. The van der Waals surface area contributed by atoms with Crippen LogP contribution in [-0.2, 0) is 16.9 Å². The van der Waals surface area contributed by atoms with Gasteiger partial charge in [-0.1, -0.05) is 35.9 Å². The van der Waals surface area contributed by atoms with Crippen molar-refractivity contribution in [2.24, 2.45) is 0 Å². The van der Waals surface area contributed by atoms with Gasteiger partial charge in [0, 0.05) is 0 Å². The van der Waals surface area contributed by atoms with E-state index in [1.54, 1.807) is 20.1 Å². The average Bonchev–Trinajstić information content (AvgIpc) is 2.80. The van der Waals surface area contributed by atoms with E-state index in [0.29, 0.717) is 5.75 Å². The van der Waals surface area contributed by atoms with Crippen molar-refractivity contribution in [1.82, 2.24) is 10.2 Å². The van der Waals surface area contributed by atoms with Crippen molar-refractivity contribution < 1.29 is 14.3 Å². The maximum Gasteiger partial charge on any atom is 0.325 e. The summed E-state index contributed by atoms with van der Waals surface area (Å²) in [4.78, 5) is 26.6. The third-order valence-electron chi connectivity index (χ3n) is 4.46. The maximum absolute atomic E-state index is 12.9. The van der Waals surface area contributed by atoms with Crippen molar-refractivity contribution in [3.05, 3.63) is 63.6 Å². The maximum atomic E-state index is 12.9. The molecule has 6 heteroatoms. The molecular weight excluding hydrogens is 384 g/mol. The number of ether oxygens (including phenoxy) is 1. The molecule has 1 atom stereocenters. The highest BCUT2D eigenvalue weighted by atomic mass is 79.9. The van der Waals surface area contributed by atoms with Crippen LogP contribution in [0.4, 0.5) is 4.79 Å². The van der Waals surface area contributed by atoms with Crippen LogP contribution in [0.3, 0.4) is 0 Å². The van der Waals surface area contributed by atoms with Gasteiger partial charge in [0.05, 0.1) is 18.1 Å². The van der Waals surface area contributed by atoms with E-state index in [0.717, 1.165) is 21.2 Å². The topological polar surface area (TPSA) is 58.6 Å². The fourth-order valence-corrected chi connectivity index (χ4v) is 3.50. The number of carbonyl (C=O) groups is 2. The number of nitrogens with zero attached hydrogens (tertiary/aromatic N) is 1. The lowest BCUT2D eigenvalue weighted by molar-refractivity contribution is -0.131. The number of methoxy groups -OCH3 is 1. The standard InChI is InChI=1S/C19H19BrN2O3/c1-12-4-7-14(8-5-12)19(2)17(23)22(18(24)21-19)11-13-6-9-16(25-3)15(20)10-13/h4-10H,11H2,1-3H3,(H,21,24)/t19-/m0/s1. The Labute approximate surface area is 155 Å². The Hall–Kier alpha value is -2.34. The van der Waals surface area contributed by atoms with Crippen molar-refractivity contribution in [2.75, 3.05) is 7.11 Å². The zero-order valence-corrected chi connectivity index (χ0v) is 15.9. The van der Waals surface area contributed by atoms with E-state index in [-0.39, 0.29) is 18.5 Å². The monoisotopic (exact) mass is 402 g/mol. The quantitative estimate of drug-likeness (QED) is 0.792. The van der Waals surface area contributed by atoms with Gasteiger partial charge in [0.25, 0.3) is 5.91 Å². The number of urea groups is 1. The predicted octanol–water partition coefficient (Wildman–Crippen LogP) is 3.73. The van der Waals surface area contributed by atoms with Gasteiger partial charge < -0.3 is 10.1 Å². The molecule has 0 saturated carbocycles. The normalized spacial score (nSPS) is 19.9. The number of halogens is 1. The molecule has 5 nitrogen and oxygen atoms in total. The summed E-state index contributed by atoms with van der Waals surface area (Å²) in [6, 6.07) is 12.7. The Bertz CT molecular complexity index is 835. The van der Waals surface area contributed by atoms with Crippen molar-refractivity contribution in [1.29, 1.82) is 0 Å². The lowest BCUT2D eigenvalue weighted by Crippen LogP contribution is -2.40. The van der Waals surface area contributed by atoms with Crippen LogP contribution in [0.1, 0.15) is 23.6 Å². The van der Waals surface area contributed by atoms with Gasteiger partial charge in [0.15, 0.2) is 0 Å². The lowest BCUT2D eigenvalue weighted by atomic mass is 9.91. The highest BCUT2D eigenvalue weighted by Gasteiger charge is 2.48. The number of carbonyl (C=O) groups excluding carboxylic acids is 2. The van der Waals surface area contributed by atoms with Crippen LogP contribution in [0.2, 0.25) is 0 Å². The molecule has 3 amide bonds. The van der Waals surface area contributed by atoms with E-state index in [4.69, 9.17) is 4.74 Å². The minimum Gasteiger partial charge on any atom is -0.496 e. The molecule has 0 aromatic heterocycles. The van der Waals surface area contributed by atoms with Crippen LogP contribution >= 0.6 is 15.9 Å². The molecule has 1 heterocycles. The van der Waals surface area contributed by atoms with Crippen LogP contribution in [0.5, 0.6) is 5.75 Å². The van der Waals surface area contributed by atoms with E-state index in [1.807, 2.05) is 43.3 Å². The Morgan fingerprint density at radius 2 is 1.84 bits per heavy atom. The van der Waals surface area contributed by atoms with Crippen molar-refractivity contribution in [2.45, 2.75) is 25.9 Å². The van der Waals surface area contributed by atoms with E-state index in [1.165, 1.54) is 4.90 Å². The Balaban J connectivity index is 1.86. The number of rotatable bonds is 4. The van der Waals surface area contributed by atoms with Gasteiger partial charge in [-0.05, 0) is 53.0 Å². The smallest absolute Gasteiger partial charge is 0.325 e. The van der Waals surface area contributed by atoms with Gasteiger partial charge in [-0.15, -0.1) is 0 Å². The van der Waals surface area contributed by atoms with E-state index < -0.39 is 5.54 Å². The zero-order valence-electron chi connectivity index (χ0n) is 14.3. The zero-order chi connectivity index (χ0) is 18.2. The molecule has 2 aromatic carbocycles. The molecule has 0 aliphatic carbocycles. The molecule has 3 rings (SSSR count). The Kier molecular flexibility index (Phi) is 4.56. The van der Waals surface area contributed by atoms with Crippen molar-refractivity contribution in [3.8, 4) is 5.75 Å². The van der Waals surface area contributed by atoms with E-state index in [2.05, 4.69) is 21.2 Å². The second-order valence-electron chi connectivity index (χ2n) is 6.28. The summed E-state index contributed by atoms with van der Waals surface area (Å²) in [6.45, 7) is 3.92. The number of hydrogen-bond acceptors (Lipinski definition) is 3. The van der Waals surface area contributed by atoms with Crippen LogP contribution in [0.25, 0.3) is 0 Å². The summed E-state index contributed by atoms with van der Waals surface area (Å²) in [5, 5.41) is 2.82. The van der Waals surface area contributed by atoms with Crippen LogP contribution < -0.4 is 10.1 Å². The van der Waals surface area contributed by atoms with Crippen molar-refractivity contribution >= 4 is 27.9 Å². The second kappa shape index (κ2) is 6.52. The number of amides is 3.